The van der Waals surface area contributed by atoms with Crippen LogP contribution in [0.5, 0.6) is 0 Å². The minimum atomic E-state index is -0.375. The summed E-state index contributed by atoms with van der Waals surface area (Å²) in [4.78, 5) is 16.7. The molecule has 2 aromatic carbocycles. The first-order valence-electron chi connectivity index (χ1n) is 7.21. The van der Waals surface area contributed by atoms with E-state index >= 15 is 0 Å². The van der Waals surface area contributed by atoms with Crippen molar-refractivity contribution in [1.82, 2.24) is 4.98 Å². The number of aromatic nitrogens is 1. The average Bonchev–Trinajstić information content (AvgIpc) is 2.86. The maximum absolute atomic E-state index is 12.3. The summed E-state index contributed by atoms with van der Waals surface area (Å²) in [6.07, 6.45) is 0. The summed E-state index contributed by atoms with van der Waals surface area (Å²) in [5.74, 6) is -0.118. The molecule has 1 heterocycles. The van der Waals surface area contributed by atoms with Gasteiger partial charge in [-0.2, -0.15) is 0 Å². The molecule has 23 heavy (non-hydrogen) atoms. The van der Waals surface area contributed by atoms with Crippen molar-refractivity contribution in [3.05, 3.63) is 52.5 Å². The fourth-order valence-corrected chi connectivity index (χ4v) is 3.32. The third-order valence-corrected chi connectivity index (χ3v) is 4.53. The molecule has 118 valence electrons. The fourth-order valence-electron chi connectivity index (χ4n) is 2.26. The van der Waals surface area contributed by atoms with Crippen LogP contribution in [0.2, 0.25) is 5.02 Å². The van der Waals surface area contributed by atoms with Gasteiger partial charge in [-0.1, -0.05) is 17.7 Å². The molecule has 3 aromatic rings. The van der Waals surface area contributed by atoms with Gasteiger partial charge in [0.1, 0.15) is 6.04 Å². The number of anilines is 2. The molecule has 0 spiro atoms. The largest absolute Gasteiger partial charge is 0.374 e. The standard InChI is InChI=1S/C17H16ClN3OS/c1-10(17(22)21-13-5-3-4-12(18)8-13)19-14-6-7-15-16(9-14)23-11(2)20-15/h3-10,19H,1-2H3,(H,21,22). The number of amides is 1. The van der Waals surface area contributed by atoms with E-state index in [1.807, 2.05) is 38.1 Å². The molecule has 0 aliphatic rings. The smallest absolute Gasteiger partial charge is 0.246 e. The van der Waals surface area contributed by atoms with E-state index in [-0.39, 0.29) is 11.9 Å². The van der Waals surface area contributed by atoms with Crippen LogP contribution in [0.15, 0.2) is 42.5 Å². The highest BCUT2D eigenvalue weighted by Crippen LogP contribution is 2.25. The second-order valence-electron chi connectivity index (χ2n) is 5.28. The third kappa shape index (κ3) is 3.81. The number of carbonyl (C=O) groups excluding carboxylic acids is 1. The maximum atomic E-state index is 12.3. The van der Waals surface area contributed by atoms with Crippen LogP contribution in [0.25, 0.3) is 10.2 Å². The van der Waals surface area contributed by atoms with Crippen molar-refractivity contribution in [2.75, 3.05) is 10.6 Å². The Morgan fingerprint density at radius 1 is 1.22 bits per heavy atom. The second-order valence-corrected chi connectivity index (χ2v) is 6.95. The van der Waals surface area contributed by atoms with Gasteiger partial charge in [-0.15, -0.1) is 11.3 Å². The molecule has 0 saturated carbocycles. The van der Waals surface area contributed by atoms with Crippen LogP contribution in [-0.2, 0) is 4.79 Å². The van der Waals surface area contributed by atoms with E-state index in [0.29, 0.717) is 10.7 Å². The Hall–Kier alpha value is -2.11. The second kappa shape index (κ2) is 6.56. The first kappa shape index (κ1) is 15.8. The minimum absolute atomic E-state index is 0.118. The molecule has 4 nitrogen and oxygen atoms in total. The average molecular weight is 346 g/mol. The van der Waals surface area contributed by atoms with Gasteiger partial charge in [0.25, 0.3) is 0 Å². The summed E-state index contributed by atoms with van der Waals surface area (Å²) in [5, 5.41) is 7.68. The van der Waals surface area contributed by atoms with Gasteiger partial charge < -0.3 is 10.6 Å². The number of nitrogens with zero attached hydrogens (tertiary/aromatic N) is 1. The molecule has 1 amide bonds. The molecule has 1 aromatic heterocycles. The molecule has 0 aliphatic carbocycles. The summed E-state index contributed by atoms with van der Waals surface area (Å²) in [6.45, 7) is 3.81. The predicted molar refractivity (Wildman–Crippen MR) is 97.5 cm³/mol. The molecule has 1 atom stereocenters. The number of halogens is 1. The Morgan fingerprint density at radius 3 is 2.83 bits per heavy atom. The molecule has 1 unspecified atom stereocenters. The van der Waals surface area contributed by atoms with Crippen molar-refractivity contribution < 1.29 is 4.79 Å². The molecule has 0 bridgehead atoms. The Labute approximate surface area is 143 Å². The number of hydrogen-bond donors (Lipinski definition) is 2. The SMILES string of the molecule is Cc1nc2ccc(NC(C)C(=O)Nc3cccc(Cl)c3)cc2s1. The van der Waals surface area contributed by atoms with Gasteiger partial charge in [-0.3, -0.25) is 4.79 Å². The Morgan fingerprint density at radius 2 is 2.04 bits per heavy atom. The van der Waals surface area contributed by atoms with Crippen LogP contribution >= 0.6 is 22.9 Å². The summed E-state index contributed by atoms with van der Waals surface area (Å²) < 4.78 is 1.11. The summed E-state index contributed by atoms with van der Waals surface area (Å²) in [6, 6.07) is 12.6. The number of thiazole rings is 1. The Kier molecular flexibility index (Phi) is 4.50. The van der Waals surface area contributed by atoms with Gasteiger partial charge in [-0.25, -0.2) is 4.98 Å². The first-order chi connectivity index (χ1) is 11.0. The van der Waals surface area contributed by atoms with Crippen molar-refractivity contribution in [3.8, 4) is 0 Å². The van der Waals surface area contributed by atoms with E-state index in [0.717, 1.165) is 20.9 Å². The zero-order valence-corrected chi connectivity index (χ0v) is 14.3. The van der Waals surface area contributed by atoms with Crippen molar-refractivity contribution in [1.29, 1.82) is 0 Å². The molecular weight excluding hydrogens is 330 g/mol. The van der Waals surface area contributed by atoms with Gasteiger partial charge in [0.15, 0.2) is 0 Å². The third-order valence-electron chi connectivity index (χ3n) is 3.36. The molecular formula is C17H16ClN3OS. The molecule has 0 radical (unpaired) electrons. The van der Waals surface area contributed by atoms with Gasteiger partial charge in [0.2, 0.25) is 5.91 Å². The van der Waals surface area contributed by atoms with Crippen LogP contribution in [0.1, 0.15) is 11.9 Å². The molecule has 0 aliphatic heterocycles. The van der Waals surface area contributed by atoms with E-state index < -0.39 is 0 Å². The fraction of sp³-hybridized carbons (Fsp3) is 0.176. The number of aryl methyl sites for hydroxylation is 1. The zero-order valence-electron chi connectivity index (χ0n) is 12.8. The van der Waals surface area contributed by atoms with Crippen molar-refractivity contribution in [2.45, 2.75) is 19.9 Å². The van der Waals surface area contributed by atoms with Crippen LogP contribution in [0.3, 0.4) is 0 Å². The number of rotatable bonds is 4. The van der Waals surface area contributed by atoms with Crippen LogP contribution in [0.4, 0.5) is 11.4 Å². The highest BCUT2D eigenvalue weighted by atomic mass is 35.5. The van der Waals surface area contributed by atoms with E-state index in [1.165, 1.54) is 0 Å². The van der Waals surface area contributed by atoms with Crippen LogP contribution in [0, 0.1) is 6.92 Å². The van der Waals surface area contributed by atoms with Gasteiger partial charge in [-0.05, 0) is 50.2 Å². The summed E-state index contributed by atoms with van der Waals surface area (Å²) >= 11 is 7.56. The summed E-state index contributed by atoms with van der Waals surface area (Å²) in [5.41, 5.74) is 2.56. The molecule has 2 N–H and O–H groups in total. The zero-order chi connectivity index (χ0) is 16.4. The number of hydrogen-bond acceptors (Lipinski definition) is 4. The number of carbonyl (C=O) groups is 1. The monoisotopic (exact) mass is 345 g/mol. The minimum Gasteiger partial charge on any atom is -0.374 e. The van der Waals surface area contributed by atoms with E-state index in [1.54, 1.807) is 29.5 Å². The lowest BCUT2D eigenvalue weighted by Crippen LogP contribution is -2.31. The molecule has 0 fully saturated rings. The lowest BCUT2D eigenvalue weighted by atomic mass is 10.2. The highest BCUT2D eigenvalue weighted by molar-refractivity contribution is 7.18. The Balaban J connectivity index is 1.69. The van der Waals surface area contributed by atoms with Crippen LogP contribution < -0.4 is 10.6 Å². The van der Waals surface area contributed by atoms with Gasteiger partial charge in [0, 0.05) is 16.4 Å². The lowest BCUT2D eigenvalue weighted by molar-refractivity contribution is -0.116. The quantitative estimate of drug-likeness (QED) is 0.720. The number of benzene rings is 2. The van der Waals surface area contributed by atoms with Gasteiger partial charge >= 0.3 is 0 Å². The van der Waals surface area contributed by atoms with E-state index in [4.69, 9.17) is 11.6 Å². The number of nitrogens with one attached hydrogen (secondary N) is 2. The van der Waals surface area contributed by atoms with Gasteiger partial charge in [0.05, 0.1) is 15.2 Å². The van der Waals surface area contributed by atoms with Crippen molar-refractivity contribution >= 4 is 50.4 Å². The summed E-state index contributed by atoms with van der Waals surface area (Å²) in [7, 11) is 0. The predicted octanol–water partition coefficient (Wildman–Crippen LogP) is 4.70. The lowest BCUT2D eigenvalue weighted by Gasteiger charge is -2.15. The van der Waals surface area contributed by atoms with Crippen molar-refractivity contribution in [3.63, 3.8) is 0 Å². The van der Waals surface area contributed by atoms with E-state index in [2.05, 4.69) is 15.6 Å². The molecule has 0 saturated heterocycles. The van der Waals surface area contributed by atoms with E-state index in [9.17, 15) is 4.79 Å². The molecule has 3 rings (SSSR count). The normalized spacial score (nSPS) is 12.1. The van der Waals surface area contributed by atoms with Crippen LogP contribution in [-0.4, -0.2) is 16.9 Å². The molecule has 6 heteroatoms. The Bertz CT molecular complexity index is 862. The topological polar surface area (TPSA) is 54.0 Å². The maximum Gasteiger partial charge on any atom is 0.246 e. The first-order valence-corrected chi connectivity index (χ1v) is 8.41. The highest BCUT2D eigenvalue weighted by Gasteiger charge is 2.13. The number of fused-ring (bicyclic) bond motifs is 1. The van der Waals surface area contributed by atoms with Crippen molar-refractivity contribution in [2.24, 2.45) is 0 Å².